The number of methoxy groups -OCH3 is 1. The van der Waals surface area contributed by atoms with Crippen molar-refractivity contribution < 1.29 is 9.53 Å². The molecule has 0 aliphatic heterocycles. The lowest BCUT2D eigenvalue weighted by atomic mass is 10.0. The van der Waals surface area contributed by atoms with E-state index < -0.39 is 0 Å². The van der Waals surface area contributed by atoms with Gasteiger partial charge in [0.05, 0.1) is 13.2 Å². The number of ether oxygens (including phenoxy) is 1. The van der Waals surface area contributed by atoms with Crippen LogP contribution in [0.3, 0.4) is 0 Å². The number of hydrogen-bond acceptors (Lipinski definition) is 5. The van der Waals surface area contributed by atoms with Gasteiger partial charge in [0, 0.05) is 23.4 Å². The zero-order valence-corrected chi connectivity index (χ0v) is 20.9. The van der Waals surface area contributed by atoms with Crippen LogP contribution in [0.2, 0.25) is 0 Å². The molecule has 2 aromatic carbocycles. The number of carbonyl (C=O) groups excluding carboxylic acids is 1. The number of rotatable bonds is 10. The van der Waals surface area contributed by atoms with Crippen LogP contribution in [0.4, 0.5) is 0 Å². The summed E-state index contributed by atoms with van der Waals surface area (Å²) in [4.78, 5) is 14.1. The second-order valence-electron chi connectivity index (χ2n) is 7.99. The molecular formula is C26H28N4O2S2. The van der Waals surface area contributed by atoms with Crippen molar-refractivity contribution in [3.05, 3.63) is 86.8 Å². The molecule has 0 spiro atoms. The molecule has 2 heterocycles. The SMILES string of the molecule is CCCc1ccc(C(NC(=O)CCn2c(-c3ccc(OC)cc3)n[nH]c2=S)c2cccs2)cc1. The van der Waals surface area contributed by atoms with E-state index in [1.165, 1.54) is 5.56 Å². The van der Waals surface area contributed by atoms with Crippen LogP contribution < -0.4 is 10.1 Å². The van der Waals surface area contributed by atoms with Crippen LogP contribution in [0.5, 0.6) is 5.75 Å². The van der Waals surface area contributed by atoms with Gasteiger partial charge in [0.15, 0.2) is 10.6 Å². The minimum absolute atomic E-state index is 0.0418. The second-order valence-corrected chi connectivity index (χ2v) is 9.36. The number of carbonyl (C=O) groups is 1. The van der Waals surface area contributed by atoms with Crippen LogP contribution in [0.1, 0.15) is 41.8 Å². The summed E-state index contributed by atoms with van der Waals surface area (Å²) in [6.07, 6.45) is 2.45. The van der Waals surface area contributed by atoms with E-state index in [0.29, 0.717) is 17.1 Å². The van der Waals surface area contributed by atoms with Crippen molar-refractivity contribution in [3.8, 4) is 17.1 Å². The van der Waals surface area contributed by atoms with Gasteiger partial charge in [-0.25, -0.2) is 0 Å². The molecule has 4 aromatic rings. The minimum Gasteiger partial charge on any atom is -0.497 e. The number of nitrogens with zero attached hydrogens (tertiary/aromatic N) is 2. The van der Waals surface area contributed by atoms with Gasteiger partial charge in [0.25, 0.3) is 0 Å². The largest absolute Gasteiger partial charge is 0.497 e. The molecule has 0 saturated heterocycles. The Kier molecular flexibility index (Phi) is 7.92. The van der Waals surface area contributed by atoms with E-state index in [-0.39, 0.29) is 18.4 Å². The predicted octanol–water partition coefficient (Wildman–Crippen LogP) is 5.93. The number of aryl methyl sites for hydroxylation is 1. The third-order valence-corrected chi connectivity index (χ3v) is 6.90. The fourth-order valence-corrected chi connectivity index (χ4v) is 4.90. The topological polar surface area (TPSA) is 71.9 Å². The maximum absolute atomic E-state index is 13.0. The second kappa shape index (κ2) is 11.3. The lowest BCUT2D eigenvalue weighted by molar-refractivity contribution is -0.121. The lowest BCUT2D eigenvalue weighted by Gasteiger charge is -2.19. The zero-order valence-electron chi connectivity index (χ0n) is 19.3. The standard InChI is InChI=1S/C26H28N4O2S2/c1-3-5-18-7-9-19(10-8-18)24(22-6-4-17-34-22)27-23(31)15-16-30-25(28-29-26(30)33)20-11-13-21(32-2)14-12-20/h4,6-14,17,24H,3,5,15-16H2,1-2H3,(H,27,31)(H,29,33). The molecule has 0 fully saturated rings. The number of aromatic amines is 1. The monoisotopic (exact) mass is 492 g/mol. The highest BCUT2D eigenvalue weighted by Crippen LogP contribution is 2.27. The Morgan fingerprint density at radius 2 is 1.94 bits per heavy atom. The van der Waals surface area contributed by atoms with Crippen molar-refractivity contribution in [1.29, 1.82) is 0 Å². The van der Waals surface area contributed by atoms with Gasteiger partial charge in [0.1, 0.15) is 5.75 Å². The van der Waals surface area contributed by atoms with E-state index in [1.807, 2.05) is 40.3 Å². The van der Waals surface area contributed by atoms with E-state index in [0.717, 1.165) is 34.6 Å². The summed E-state index contributed by atoms with van der Waals surface area (Å²) in [7, 11) is 1.63. The molecule has 34 heavy (non-hydrogen) atoms. The molecule has 2 aromatic heterocycles. The predicted molar refractivity (Wildman–Crippen MR) is 139 cm³/mol. The Balaban J connectivity index is 1.48. The molecule has 1 atom stereocenters. The number of nitrogens with one attached hydrogen (secondary N) is 2. The number of amides is 1. The van der Waals surface area contributed by atoms with E-state index in [2.05, 4.69) is 52.8 Å². The van der Waals surface area contributed by atoms with Crippen LogP contribution in [0.15, 0.2) is 66.0 Å². The van der Waals surface area contributed by atoms with Gasteiger partial charge in [0.2, 0.25) is 5.91 Å². The van der Waals surface area contributed by atoms with Gasteiger partial charge in [-0.3, -0.25) is 14.5 Å². The van der Waals surface area contributed by atoms with Crippen molar-refractivity contribution >= 4 is 29.5 Å². The Morgan fingerprint density at radius 3 is 2.59 bits per heavy atom. The summed E-state index contributed by atoms with van der Waals surface area (Å²) in [6, 6.07) is 20.0. The smallest absolute Gasteiger partial charge is 0.222 e. The Hall–Kier alpha value is -3.23. The van der Waals surface area contributed by atoms with Crippen molar-refractivity contribution in [3.63, 3.8) is 0 Å². The third-order valence-electron chi connectivity index (χ3n) is 5.65. The number of thiophene rings is 1. The molecule has 0 saturated carbocycles. The van der Waals surface area contributed by atoms with Crippen molar-refractivity contribution in [1.82, 2.24) is 20.1 Å². The summed E-state index contributed by atoms with van der Waals surface area (Å²) < 4.78 is 7.58. The highest BCUT2D eigenvalue weighted by Gasteiger charge is 2.19. The number of H-pyrrole nitrogens is 1. The van der Waals surface area contributed by atoms with Crippen LogP contribution in [0, 0.1) is 4.77 Å². The summed E-state index contributed by atoms with van der Waals surface area (Å²) in [5.74, 6) is 1.42. The number of aromatic nitrogens is 3. The third kappa shape index (κ3) is 5.63. The average molecular weight is 493 g/mol. The van der Waals surface area contributed by atoms with Crippen LogP contribution in [-0.4, -0.2) is 27.8 Å². The number of benzene rings is 2. The molecule has 6 nitrogen and oxygen atoms in total. The van der Waals surface area contributed by atoms with Crippen molar-refractivity contribution in [2.45, 2.75) is 38.8 Å². The van der Waals surface area contributed by atoms with Crippen LogP contribution in [-0.2, 0) is 17.8 Å². The van der Waals surface area contributed by atoms with Crippen molar-refractivity contribution in [2.24, 2.45) is 0 Å². The average Bonchev–Trinajstić information content (AvgIpc) is 3.52. The van der Waals surface area contributed by atoms with E-state index in [9.17, 15) is 4.79 Å². The molecule has 1 amide bonds. The Bertz CT molecular complexity index is 1260. The summed E-state index contributed by atoms with van der Waals surface area (Å²) in [5.41, 5.74) is 3.29. The minimum atomic E-state index is -0.179. The fourth-order valence-electron chi connectivity index (χ4n) is 3.87. The van der Waals surface area contributed by atoms with Gasteiger partial charge in [-0.05, 0) is 65.5 Å². The normalized spacial score (nSPS) is 11.8. The first kappa shape index (κ1) is 23.9. The lowest BCUT2D eigenvalue weighted by Crippen LogP contribution is -2.29. The summed E-state index contributed by atoms with van der Waals surface area (Å²) in [5, 5.41) is 12.5. The molecular weight excluding hydrogens is 464 g/mol. The van der Waals surface area contributed by atoms with Gasteiger partial charge >= 0.3 is 0 Å². The molecule has 8 heteroatoms. The first-order valence-corrected chi connectivity index (χ1v) is 12.6. The summed E-state index contributed by atoms with van der Waals surface area (Å²) in [6.45, 7) is 2.60. The van der Waals surface area contributed by atoms with Gasteiger partial charge in [-0.1, -0.05) is 43.7 Å². The van der Waals surface area contributed by atoms with Crippen molar-refractivity contribution in [2.75, 3.05) is 7.11 Å². The molecule has 0 radical (unpaired) electrons. The molecule has 4 rings (SSSR count). The van der Waals surface area contributed by atoms with Gasteiger partial charge < -0.3 is 10.1 Å². The zero-order chi connectivity index (χ0) is 23.9. The Morgan fingerprint density at radius 1 is 1.18 bits per heavy atom. The Labute approximate surface area is 208 Å². The van der Waals surface area contributed by atoms with E-state index in [1.54, 1.807) is 18.4 Å². The highest BCUT2D eigenvalue weighted by molar-refractivity contribution is 7.71. The molecule has 2 N–H and O–H groups in total. The fraction of sp³-hybridized carbons (Fsp3) is 0.269. The molecule has 0 bridgehead atoms. The van der Waals surface area contributed by atoms with Crippen LogP contribution in [0.25, 0.3) is 11.4 Å². The quantitative estimate of drug-likeness (QED) is 0.269. The molecule has 176 valence electrons. The van der Waals surface area contributed by atoms with Gasteiger partial charge in [-0.2, -0.15) is 5.10 Å². The molecule has 0 aliphatic carbocycles. The van der Waals surface area contributed by atoms with Crippen LogP contribution >= 0.6 is 23.6 Å². The highest BCUT2D eigenvalue weighted by atomic mass is 32.1. The molecule has 1 unspecified atom stereocenters. The number of hydrogen-bond donors (Lipinski definition) is 2. The van der Waals surface area contributed by atoms with E-state index in [4.69, 9.17) is 17.0 Å². The summed E-state index contributed by atoms with van der Waals surface area (Å²) >= 11 is 7.07. The maximum atomic E-state index is 13.0. The molecule has 0 aliphatic rings. The first-order chi connectivity index (χ1) is 16.6. The van der Waals surface area contributed by atoms with Gasteiger partial charge in [-0.15, -0.1) is 11.3 Å². The van der Waals surface area contributed by atoms with E-state index >= 15 is 0 Å². The first-order valence-electron chi connectivity index (χ1n) is 11.3. The maximum Gasteiger partial charge on any atom is 0.222 e.